The first-order valence-corrected chi connectivity index (χ1v) is 13.0. The molecule has 0 saturated carbocycles. The zero-order chi connectivity index (χ0) is 25.8. The maximum atomic E-state index is 11.6. The monoisotopic (exact) mass is 495 g/mol. The minimum Gasteiger partial charge on any atom is -0.486 e. The van der Waals surface area contributed by atoms with Crippen LogP contribution < -0.4 is 9.47 Å². The third-order valence-corrected chi connectivity index (χ3v) is 7.13. The van der Waals surface area contributed by atoms with Crippen LogP contribution in [0, 0.1) is 18.8 Å². The van der Waals surface area contributed by atoms with E-state index in [2.05, 4.69) is 41.9 Å². The van der Waals surface area contributed by atoms with Crippen molar-refractivity contribution in [2.75, 3.05) is 13.2 Å². The van der Waals surface area contributed by atoms with Gasteiger partial charge in [-0.25, -0.2) is 4.98 Å². The standard InChI is InChI=1S/C32H33NO4/c1-4-5-24(18-22(3)34)23-7-10-26(11-8-23)36-30-14-13-29-28(30)12-6-21(2)32(29)25-9-15-31(33-19-25)37-27-16-17-35-20-27/h6-12,15,19,24,27,30H,13-14,16-18,20H2,1-3H3/t24-,27+,30+/m0/s1. The highest BCUT2D eigenvalue weighted by Crippen LogP contribution is 2.42. The highest BCUT2D eigenvalue weighted by atomic mass is 16.5. The Morgan fingerprint density at radius 3 is 2.62 bits per heavy atom. The maximum absolute atomic E-state index is 11.6. The van der Waals surface area contributed by atoms with Crippen molar-refractivity contribution in [3.63, 3.8) is 0 Å². The summed E-state index contributed by atoms with van der Waals surface area (Å²) in [4.78, 5) is 16.2. The number of Topliss-reactive ketones (excluding diaryl/α,β-unsaturated/α-hetero) is 1. The lowest BCUT2D eigenvalue weighted by Crippen LogP contribution is -2.16. The van der Waals surface area contributed by atoms with Crippen molar-refractivity contribution in [2.24, 2.45) is 0 Å². The molecule has 3 atom stereocenters. The van der Waals surface area contributed by atoms with Crippen molar-refractivity contribution in [2.45, 2.75) is 64.6 Å². The molecule has 0 spiro atoms. The number of aromatic nitrogens is 1. The molecule has 5 nitrogen and oxygen atoms in total. The molecule has 190 valence electrons. The SMILES string of the molecule is CC#C[C@@H](CC(C)=O)c1ccc(O[C@@H]2CCc3c2ccc(C)c3-c2ccc(O[C@@H]3CCOC3)nc2)cc1. The number of benzene rings is 2. The molecule has 3 aromatic rings. The van der Waals surface area contributed by atoms with Gasteiger partial charge in [0.05, 0.1) is 19.1 Å². The van der Waals surface area contributed by atoms with Gasteiger partial charge in [-0.3, -0.25) is 4.79 Å². The molecule has 1 fully saturated rings. The Kier molecular flexibility index (Phi) is 7.58. The van der Waals surface area contributed by atoms with Crippen LogP contribution in [0.2, 0.25) is 0 Å². The van der Waals surface area contributed by atoms with E-state index in [0.717, 1.165) is 42.7 Å². The first kappa shape index (κ1) is 25.0. The van der Waals surface area contributed by atoms with Crippen LogP contribution in [0.4, 0.5) is 0 Å². The highest BCUT2D eigenvalue weighted by molar-refractivity contribution is 5.77. The molecule has 5 rings (SSSR count). The van der Waals surface area contributed by atoms with E-state index in [1.54, 1.807) is 6.92 Å². The summed E-state index contributed by atoms with van der Waals surface area (Å²) in [5, 5.41) is 0. The Bertz CT molecular complexity index is 1310. The van der Waals surface area contributed by atoms with Crippen LogP contribution in [0.3, 0.4) is 0 Å². The first-order chi connectivity index (χ1) is 18.0. The Morgan fingerprint density at radius 2 is 1.95 bits per heavy atom. The Labute approximate surface area is 219 Å². The number of hydrogen-bond acceptors (Lipinski definition) is 5. The van der Waals surface area contributed by atoms with E-state index in [1.165, 1.54) is 22.3 Å². The number of carbonyl (C=O) groups excluding carboxylic acids is 1. The van der Waals surface area contributed by atoms with Gasteiger partial charge in [0.15, 0.2) is 0 Å². The Hall–Kier alpha value is -3.62. The quantitative estimate of drug-likeness (QED) is 0.340. The molecule has 0 radical (unpaired) electrons. The van der Waals surface area contributed by atoms with E-state index < -0.39 is 0 Å². The molecule has 1 aliphatic carbocycles. The predicted molar refractivity (Wildman–Crippen MR) is 144 cm³/mol. The van der Waals surface area contributed by atoms with Crippen LogP contribution in [-0.2, 0) is 16.0 Å². The number of rotatable bonds is 8. The molecule has 0 N–H and O–H groups in total. The summed E-state index contributed by atoms with van der Waals surface area (Å²) in [7, 11) is 0. The van der Waals surface area contributed by atoms with Crippen molar-refractivity contribution in [1.29, 1.82) is 0 Å². The number of carbonyl (C=O) groups is 1. The summed E-state index contributed by atoms with van der Waals surface area (Å²) in [5.74, 6) is 7.64. The number of nitrogens with zero attached hydrogens (tertiary/aromatic N) is 1. The van der Waals surface area contributed by atoms with E-state index in [1.807, 2.05) is 43.5 Å². The molecule has 1 saturated heterocycles. The van der Waals surface area contributed by atoms with Gasteiger partial charge in [-0.15, -0.1) is 5.92 Å². The zero-order valence-corrected chi connectivity index (χ0v) is 21.8. The Morgan fingerprint density at radius 1 is 1.11 bits per heavy atom. The number of fused-ring (bicyclic) bond motifs is 1. The number of pyridine rings is 1. The van der Waals surface area contributed by atoms with Crippen LogP contribution >= 0.6 is 0 Å². The summed E-state index contributed by atoms with van der Waals surface area (Å²) < 4.78 is 17.8. The summed E-state index contributed by atoms with van der Waals surface area (Å²) in [6.45, 7) is 6.95. The normalized spacial score (nSPS) is 19.0. The van der Waals surface area contributed by atoms with Gasteiger partial charge in [0, 0.05) is 30.7 Å². The van der Waals surface area contributed by atoms with Crippen LogP contribution in [0.1, 0.15) is 67.4 Å². The Balaban J connectivity index is 1.32. The third kappa shape index (κ3) is 5.70. The molecule has 0 unspecified atom stereocenters. The number of ketones is 1. The minimum atomic E-state index is -0.0776. The van der Waals surface area contributed by atoms with E-state index in [9.17, 15) is 4.79 Å². The molecule has 0 bridgehead atoms. The molecular weight excluding hydrogens is 462 g/mol. The number of aryl methyl sites for hydroxylation is 1. The van der Waals surface area contributed by atoms with Crippen molar-refractivity contribution < 1.29 is 19.0 Å². The fourth-order valence-corrected chi connectivity index (χ4v) is 5.34. The van der Waals surface area contributed by atoms with Crippen LogP contribution in [0.25, 0.3) is 11.1 Å². The fourth-order valence-electron chi connectivity index (χ4n) is 5.34. The first-order valence-electron chi connectivity index (χ1n) is 13.0. The van der Waals surface area contributed by atoms with Crippen molar-refractivity contribution in [3.05, 3.63) is 77.0 Å². The van der Waals surface area contributed by atoms with E-state index in [4.69, 9.17) is 14.2 Å². The summed E-state index contributed by atoms with van der Waals surface area (Å²) >= 11 is 0. The van der Waals surface area contributed by atoms with Gasteiger partial charge in [0.1, 0.15) is 23.7 Å². The predicted octanol–water partition coefficient (Wildman–Crippen LogP) is 6.38. The molecule has 2 aliphatic rings. The largest absolute Gasteiger partial charge is 0.486 e. The number of ether oxygens (including phenoxy) is 3. The van der Waals surface area contributed by atoms with Crippen molar-refractivity contribution in [1.82, 2.24) is 4.98 Å². The summed E-state index contributed by atoms with van der Waals surface area (Å²) in [5.41, 5.74) is 7.19. The highest BCUT2D eigenvalue weighted by Gasteiger charge is 2.28. The van der Waals surface area contributed by atoms with Gasteiger partial charge < -0.3 is 14.2 Å². The zero-order valence-electron chi connectivity index (χ0n) is 21.8. The second-order valence-corrected chi connectivity index (χ2v) is 9.88. The smallest absolute Gasteiger partial charge is 0.213 e. The van der Waals surface area contributed by atoms with E-state index in [-0.39, 0.29) is 23.9 Å². The lowest BCUT2D eigenvalue weighted by molar-refractivity contribution is -0.117. The second kappa shape index (κ2) is 11.2. The lowest BCUT2D eigenvalue weighted by Gasteiger charge is -2.18. The number of hydrogen-bond donors (Lipinski definition) is 0. The van der Waals surface area contributed by atoms with Crippen LogP contribution in [-0.4, -0.2) is 30.1 Å². The van der Waals surface area contributed by atoms with Crippen molar-refractivity contribution >= 4 is 5.78 Å². The van der Waals surface area contributed by atoms with Gasteiger partial charge in [-0.2, -0.15) is 0 Å². The summed E-state index contributed by atoms with van der Waals surface area (Å²) in [6, 6.07) is 16.5. The average Bonchev–Trinajstić information content (AvgIpc) is 3.55. The van der Waals surface area contributed by atoms with Gasteiger partial charge >= 0.3 is 0 Å². The molecular formula is C32H33NO4. The lowest BCUT2D eigenvalue weighted by atomic mass is 9.93. The van der Waals surface area contributed by atoms with Crippen molar-refractivity contribution in [3.8, 4) is 34.6 Å². The third-order valence-electron chi connectivity index (χ3n) is 7.13. The van der Waals surface area contributed by atoms with Gasteiger partial charge in [-0.05, 0) is 79.6 Å². The molecule has 2 aromatic carbocycles. The van der Waals surface area contributed by atoms with E-state index in [0.29, 0.717) is 18.9 Å². The second-order valence-electron chi connectivity index (χ2n) is 9.88. The van der Waals surface area contributed by atoms with Gasteiger partial charge in [-0.1, -0.05) is 30.2 Å². The topological polar surface area (TPSA) is 57.7 Å². The fraction of sp³-hybridized carbons (Fsp3) is 0.375. The average molecular weight is 496 g/mol. The molecule has 5 heteroatoms. The summed E-state index contributed by atoms with van der Waals surface area (Å²) in [6.07, 6.45) is 5.23. The van der Waals surface area contributed by atoms with E-state index >= 15 is 0 Å². The molecule has 2 heterocycles. The minimum absolute atomic E-state index is 0.00147. The van der Waals surface area contributed by atoms with Gasteiger partial charge in [0.25, 0.3) is 0 Å². The molecule has 37 heavy (non-hydrogen) atoms. The van der Waals surface area contributed by atoms with Crippen LogP contribution in [0.15, 0.2) is 54.7 Å². The van der Waals surface area contributed by atoms with Crippen LogP contribution in [0.5, 0.6) is 11.6 Å². The van der Waals surface area contributed by atoms with Gasteiger partial charge in [0.2, 0.25) is 5.88 Å². The molecule has 0 amide bonds. The molecule has 1 aromatic heterocycles. The molecule has 1 aliphatic heterocycles. The maximum Gasteiger partial charge on any atom is 0.213 e.